The number of amides is 1. The summed E-state index contributed by atoms with van der Waals surface area (Å²) < 4.78 is 0. The van der Waals surface area contributed by atoms with Crippen molar-refractivity contribution < 1.29 is 4.79 Å². The summed E-state index contributed by atoms with van der Waals surface area (Å²) in [5, 5.41) is 6.03. The number of nitrogens with one attached hydrogen (secondary N) is 2. The number of hydrogen-bond acceptors (Lipinski definition) is 2. The van der Waals surface area contributed by atoms with Gasteiger partial charge in [0.05, 0.1) is 0 Å². The van der Waals surface area contributed by atoms with Gasteiger partial charge in [-0.15, -0.1) is 0 Å². The minimum absolute atomic E-state index is 0.0995. The highest BCUT2D eigenvalue weighted by Gasteiger charge is 2.00. The van der Waals surface area contributed by atoms with Gasteiger partial charge < -0.3 is 10.6 Å². The fraction of sp³-hybridized carbons (Fsp3) is 0.462. The summed E-state index contributed by atoms with van der Waals surface area (Å²) in [6.07, 6.45) is 0.541. The average molecular weight is 220 g/mol. The van der Waals surface area contributed by atoms with Crippen LogP contribution in [0.15, 0.2) is 24.3 Å². The molecule has 3 heteroatoms. The summed E-state index contributed by atoms with van der Waals surface area (Å²) in [4.78, 5) is 11.4. The van der Waals surface area contributed by atoms with Crippen LogP contribution in [0.2, 0.25) is 0 Å². The van der Waals surface area contributed by atoms with Crippen molar-refractivity contribution >= 4 is 5.91 Å². The number of rotatable bonds is 6. The lowest BCUT2D eigenvalue weighted by Crippen LogP contribution is -2.27. The molecule has 1 rings (SSSR count). The number of carbonyl (C=O) groups excluding carboxylic acids is 1. The number of hydrogen-bond donors (Lipinski definition) is 2. The highest BCUT2D eigenvalue weighted by atomic mass is 16.1. The van der Waals surface area contributed by atoms with Crippen LogP contribution in [0.3, 0.4) is 0 Å². The van der Waals surface area contributed by atoms with Gasteiger partial charge in [-0.3, -0.25) is 4.79 Å². The van der Waals surface area contributed by atoms with Crippen LogP contribution in [0.1, 0.15) is 24.5 Å². The zero-order chi connectivity index (χ0) is 11.8. The van der Waals surface area contributed by atoms with Gasteiger partial charge in [0, 0.05) is 19.5 Å². The second-order valence-corrected chi connectivity index (χ2v) is 3.87. The SMILES string of the molecule is CCNCCC(=O)NCc1cccc(C)c1. The van der Waals surface area contributed by atoms with Gasteiger partial charge in [-0.05, 0) is 19.0 Å². The molecule has 0 aromatic heterocycles. The summed E-state index contributed by atoms with van der Waals surface area (Å²) in [5.74, 6) is 0.0995. The van der Waals surface area contributed by atoms with E-state index in [0.717, 1.165) is 18.7 Å². The molecule has 2 N–H and O–H groups in total. The van der Waals surface area contributed by atoms with E-state index in [1.165, 1.54) is 5.56 Å². The maximum Gasteiger partial charge on any atom is 0.221 e. The van der Waals surface area contributed by atoms with E-state index < -0.39 is 0 Å². The highest BCUT2D eigenvalue weighted by molar-refractivity contribution is 5.76. The number of benzene rings is 1. The van der Waals surface area contributed by atoms with Crippen molar-refractivity contribution in [3.8, 4) is 0 Å². The Morgan fingerprint density at radius 3 is 2.88 bits per heavy atom. The summed E-state index contributed by atoms with van der Waals surface area (Å²) >= 11 is 0. The Balaban J connectivity index is 2.26. The van der Waals surface area contributed by atoms with E-state index in [-0.39, 0.29) is 5.91 Å². The van der Waals surface area contributed by atoms with Crippen LogP contribution in [0.25, 0.3) is 0 Å². The lowest BCUT2D eigenvalue weighted by atomic mass is 10.1. The topological polar surface area (TPSA) is 41.1 Å². The van der Waals surface area contributed by atoms with Crippen LogP contribution in [0, 0.1) is 6.92 Å². The molecule has 0 heterocycles. The molecule has 16 heavy (non-hydrogen) atoms. The number of aryl methyl sites for hydroxylation is 1. The molecule has 1 aromatic carbocycles. The smallest absolute Gasteiger partial charge is 0.221 e. The molecule has 3 nitrogen and oxygen atoms in total. The Bertz CT molecular complexity index is 336. The van der Waals surface area contributed by atoms with Crippen LogP contribution in [0.5, 0.6) is 0 Å². The Labute approximate surface area is 97.2 Å². The quantitative estimate of drug-likeness (QED) is 0.715. The third-order valence-electron chi connectivity index (χ3n) is 2.35. The van der Waals surface area contributed by atoms with Crippen molar-refractivity contribution in [3.05, 3.63) is 35.4 Å². The molecule has 0 atom stereocenters. The van der Waals surface area contributed by atoms with Crippen LogP contribution in [-0.4, -0.2) is 19.0 Å². The van der Waals surface area contributed by atoms with E-state index in [1.54, 1.807) is 0 Å². The summed E-state index contributed by atoms with van der Waals surface area (Å²) in [5.41, 5.74) is 2.37. The van der Waals surface area contributed by atoms with Crippen LogP contribution < -0.4 is 10.6 Å². The highest BCUT2D eigenvalue weighted by Crippen LogP contribution is 2.03. The Kier molecular flexibility index (Phi) is 5.57. The second-order valence-electron chi connectivity index (χ2n) is 3.87. The largest absolute Gasteiger partial charge is 0.352 e. The van der Waals surface area contributed by atoms with E-state index in [2.05, 4.69) is 29.7 Å². The standard InChI is InChI=1S/C13H20N2O/c1-3-14-8-7-13(16)15-10-12-6-4-5-11(2)9-12/h4-6,9,14H,3,7-8,10H2,1-2H3,(H,15,16). The van der Waals surface area contributed by atoms with E-state index >= 15 is 0 Å². The summed E-state index contributed by atoms with van der Waals surface area (Å²) in [6, 6.07) is 8.17. The molecule has 88 valence electrons. The average Bonchev–Trinajstić information content (AvgIpc) is 2.27. The van der Waals surface area contributed by atoms with E-state index in [4.69, 9.17) is 0 Å². The van der Waals surface area contributed by atoms with Gasteiger partial charge in [-0.2, -0.15) is 0 Å². The molecule has 0 aliphatic heterocycles. The fourth-order valence-electron chi connectivity index (χ4n) is 1.49. The van der Waals surface area contributed by atoms with Crippen LogP contribution in [-0.2, 0) is 11.3 Å². The first kappa shape index (κ1) is 12.7. The first-order valence-corrected chi connectivity index (χ1v) is 5.75. The predicted octanol–water partition coefficient (Wildman–Crippen LogP) is 1.61. The predicted molar refractivity (Wildman–Crippen MR) is 66.2 cm³/mol. The minimum Gasteiger partial charge on any atom is -0.352 e. The van der Waals surface area contributed by atoms with E-state index in [9.17, 15) is 4.79 Å². The second kappa shape index (κ2) is 7.01. The molecule has 0 fully saturated rings. The third kappa shape index (κ3) is 4.94. The van der Waals surface area contributed by atoms with Crippen molar-refractivity contribution in [2.45, 2.75) is 26.8 Å². The molecule has 0 bridgehead atoms. The maximum atomic E-state index is 11.4. The minimum atomic E-state index is 0.0995. The molecular weight excluding hydrogens is 200 g/mol. The lowest BCUT2D eigenvalue weighted by Gasteiger charge is -2.06. The Morgan fingerprint density at radius 1 is 1.38 bits per heavy atom. The first-order chi connectivity index (χ1) is 7.72. The summed E-state index contributed by atoms with van der Waals surface area (Å²) in [6.45, 7) is 6.36. The molecular formula is C13H20N2O. The van der Waals surface area contributed by atoms with Crippen molar-refractivity contribution in [1.29, 1.82) is 0 Å². The number of carbonyl (C=O) groups is 1. The molecule has 0 aliphatic rings. The van der Waals surface area contributed by atoms with Crippen molar-refractivity contribution in [2.75, 3.05) is 13.1 Å². The van der Waals surface area contributed by atoms with Gasteiger partial charge in [0.1, 0.15) is 0 Å². The maximum absolute atomic E-state index is 11.4. The van der Waals surface area contributed by atoms with Gasteiger partial charge in [0.2, 0.25) is 5.91 Å². The molecule has 0 spiro atoms. The van der Waals surface area contributed by atoms with E-state index in [1.807, 2.05) is 19.1 Å². The molecule has 0 saturated heterocycles. The zero-order valence-corrected chi connectivity index (χ0v) is 10.0. The molecule has 0 radical (unpaired) electrons. The van der Waals surface area contributed by atoms with Gasteiger partial charge in [-0.25, -0.2) is 0 Å². The third-order valence-corrected chi connectivity index (χ3v) is 2.35. The zero-order valence-electron chi connectivity index (χ0n) is 10.0. The lowest BCUT2D eigenvalue weighted by molar-refractivity contribution is -0.121. The van der Waals surface area contributed by atoms with Crippen LogP contribution >= 0.6 is 0 Å². The molecule has 0 saturated carbocycles. The Morgan fingerprint density at radius 2 is 2.19 bits per heavy atom. The van der Waals surface area contributed by atoms with Gasteiger partial charge in [0.15, 0.2) is 0 Å². The monoisotopic (exact) mass is 220 g/mol. The normalized spacial score (nSPS) is 10.1. The van der Waals surface area contributed by atoms with Crippen molar-refractivity contribution in [1.82, 2.24) is 10.6 Å². The molecule has 1 aromatic rings. The van der Waals surface area contributed by atoms with Gasteiger partial charge in [0.25, 0.3) is 0 Å². The molecule has 0 unspecified atom stereocenters. The Hall–Kier alpha value is -1.35. The van der Waals surface area contributed by atoms with Gasteiger partial charge in [-0.1, -0.05) is 36.8 Å². The first-order valence-electron chi connectivity index (χ1n) is 5.75. The van der Waals surface area contributed by atoms with Crippen molar-refractivity contribution in [2.24, 2.45) is 0 Å². The fourth-order valence-corrected chi connectivity index (χ4v) is 1.49. The molecule has 0 aliphatic carbocycles. The summed E-state index contributed by atoms with van der Waals surface area (Å²) in [7, 11) is 0. The van der Waals surface area contributed by atoms with Crippen molar-refractivity contribution in [3.63, 3.8) is 0 Å². The van der Waals surface area contributed by atoms with E-state index in [0.29, 0.717) is 13.0 Å². The van der Waals surface area contributed by atoms with Crippen LogP contribution in [0.4, 0.5) is 0 Å². The van der Waals surface area contributed by atoms with Gasteiger partial charge >= 0.3 is 0 Å². The molecule has 1 amide bonds.